The third-order valence-electron chi connectivity index (χ3n) is 5.51. The molecule has 1 aliphatic heterocycles. The second-order valence-electron chi connectivity index (χ2n) is 7.70. The van der Waals surface area contributed by atoms with Crippen molar-refractivity contribution in [3.05, 3.63) is 11.8 Å². The number of amides is 1. The molecule has 6 nitrogen and oxygen atoms in total. The summed E-state index contributed by atoms with van der Waals surface area (Å²) in [6, 6.07) is 2.05. The first-order valence-corrected chi connectivity index (χ1v) is 10.3. The third-order valence-corrected chi connectivity index (χ3v) is 5.51. The minimum absolute atomic E-state index is 0.167. The molecule has 2 heterocycles. The van der Waals surface area contributed by atoms with Gasteiger partial charge in [-0.15, -0.1) is 0 Å². The van der Waals surface area contributed by atoms with Gasteiger partial charge in [-0.1, -0.05) is 32.1 Å². The van der Waals surface area contributed by atoms with Gasteiger partial charge in [0.15, 0.2) is 0 Å². The number of aromatic nitrogens is 2. The summed E-state index contributed by atoms with van der Waals surface area (Å²) in [6.07, 6.45) is 10.8. The highest BCUT2D eigenvalue weighted by atomic mass is 16.1. The Hall–Kier alpha value is -1.85. The standard InChI is InChI=1S/C20H33N5O/c1-16-15-18(25-13-5-6-14-25)24-20(23-16)22-12-11-21-19(26)10-9-17-7-3-2-4-8-17/h15,17H,2-14H2,1H3,(H,21,26)(H,22,23,24). The van der Waals surface area contributed by atoms with Gasteiger partial charge in [0.1, 0.15) is 5.82 Å². The van der Waals surface area contributed by atoms with Crippen molar-refractivity contribution in [1.82, 2.24) is 15.3 Å². The number of aryl methyl sites for hydroxylation is 1. The molecule has 0 aromatic carbocycles. The van der Waals surface area contributed by atoms with Gasteiger partial charge in [-0.2, -0.15) is 4.98 Å². The Kier molecular flexibility index (Phi) is 7.09. The maximum Gasteiger partial charge on any atom is 0.224 e. The number of nitrogens with zero attached hydrogens (tertiary/aromatic N) is 3. The first-order chi connectivity index (χ1) is 12.7. The molecule has 1 saturated carbocycles. The molecular formula is C20H33N5O. The van der Waals surface area contributed by atoms with Crippen LogP contribution in [-0.4, -0.2) is 42.1 Å². The van der Waals surface area contributed by atoms with E-state index < -0.39 is 0 Å². The Morgan fingerprint density at radius 1 is 1.12 bits per heavy atom. The number of hydrogen-bond acceptors (Lipinski definition) is 5. The maximum absolute atomic E-state index is 12.0. The molecule has 0 spiro atoms. The Morgan fingerprint density at radius 3 is 2.65 bits per heavy atom. The largest absolute Gasteiger partial charge is 0.356 e. The second-order valence-corrected chi connectivity index (χ2v) is 7.70. The van der Waals surface area contributed by atoms with Crippen LogP contribution in [0.4, 0.5) is 11.8 Å². The van der Waals surface area contributed by atoms with E-state index in [4.69, 9.17) is 0 Å². The van der Waals surface area contributed by atoms with Crippen LogP contribution in [0.25, 0.3) is 0 Å². The number of anilines is 2. The summed E-state index contributed by atoms with van der Waals surface area (Å²) >= 11 is 0. The summed E-state index contributed by atoms with van der Waals surface area (Å²) < 4.78 is 0. The summed E-state index contributed by atoms with van der Waals surface area (Å²) in [7, 11) is 0. The van der Waals surface area contributed by atoms with Gasteiger partial charge in [-0.25, -0.2) is 4.98 Å². The van der Waals surface area contributed by atoms with Crippen molar-refractivity contribution in [2.45, 2.75) is 64.7 Å². The number of hydrogen-bond donors (Lipinski definition) is 2. The van der Waals surface area contributed by atoms with Gasteiger partial charge in [0.2, 0.25) is 11.9 Å². The van der Waals surface area contributed by atoms with Crippen LogP contribution in [-0.2, 0) is 4.79 Å². The molecular weight excluding hydrogens is 326 g/mol. The Labute approximate surface area is 157 Å². The molecule has 3 rings (SSSR count). The fourth-order valence-electron chi connectivity index (χ4n) is 4.01. The lowest BCUT2D eigenvalue weighted by Crippen LogP contribution is -2.29. The van der Waals surface area contributed by atoms with Crippen LogP contribution in [0, 0.1) is 12.8 Å². The average Bonchev–Trinajstić information content (AvgIpc) is 3.19. The quantitative estimate of drug-likeness (QED) is 0.697. The molecule has 26 heavy (non-hydrogen) atoms. The van der Waals surface area contributed by atoms with Gasteiger partial charge >= 0.3 is 0 Å². The highest BCUT2D eigenvalue weighted by molar-refractivity contribution is 5.75. The topological polar surface area (TPSA) is 70.2 Å². The van der Waals surface area contributed by atoms with Crippen LogP contribution < -0.4 is 15.5 Å². The van der Waals surface area contributed by atoms with E-state index in [2.05, 4.69) is 25.5 Å². The van der Waals surface area contributed by atoms with E-state index in [1.54, 1.807) is 0 Å². The highest BCUT2D eigenvalue weighted by Crippen LogP contribution is 2.27. The lowest BCUT2D eigenvalue weighted by molar-refractivity contribution is -0.121. The molecule has 0 atom stereocenters. The average molecular weight is 360 g/mol. The van der Waals surface area contributed by atoms with E-state index in [-0.39, 0.29) is 5.91 Å². The predicted octanol–water partition coefficient (Wildman–Crippen LogP) is 3.27. The number of nitrogens with one attached hydrogen (secondary N) is 2. The van der Waals surface area contributed by atoms with E-state index in [9.17, 15) is 4.79 Å². The van der Waals surface area contributed by atoms with Gasteiger partial charge in [0.05, 0.1) is 0 Å². The Bertz CT molecular complexity index is 580. The monoisotopic (exact) mass is 359 g/mol. The molecule has 1 aromatic rings. The second kappa shape index (κ2) is 9.74. The van der Waals surface area contributed by atoms with Crippen molar-refractivity contribution >= 4 is 17.7 Å². The molecule has 2 aliphatic rings. The fourth-order valence-corrected chi connectivity index (χ4v) is 4.01. The first-order valence-electron chi connectivity index (χ1n) is 10.3. The van der Waals surface area contributed by atoms with Crippen LogP contribution >= 0.6 is 0 Å². The van der Waals surface area contributed by atoms with Gasteiger partial charge < -0.3 is 15.5 Å². The van der Waals surface area contributed by atoms with Crippen LogP contribution in [0.1, 0.15) is 63.5 Å². The molecule has 1 amide bonds. The molecule has 144 valence electrons. The molecule has 0 radical (unpaired) electrons. The third kappa shape index (κ3) is 5.85. The van der Waals surface area contributed by atoms with Crippen molar-refractivity contribution < 1.29 is 4.79 Å². The van der Waals surface area contributed by atoms with Crippen LogP contribution in [0.5, 0.6) is 0 Å². The highest BCUT2D eigenvalue weighted by Gasteiger charge is 2.16. The first kappa shape index (κ1) is 18.9. The number of carbonyl (C=O) groups excluding carboxylic acids is 1. The fraction of sp³-hybridized carbons (Fsp3) is 0.750. The van der Waals surface area contributed by atoms with Crippen molar-refractivity contribution in [3.8, 4) is 0 Å². The molecule has 0 bridgehead atoms. The summed E-state index contributed by atoms with van der Waals surface area (Å²) in [5, 5.41) is 6.26. The van der Waals surface area contributed by atoms with Crippen LogP contribution in [0.3, 0.4) is 0 Å². The zero-order valence-corrected chi connectivity index (χ0v) is 16.1. The van der Waals surface area contributed by atoms with E-state index in [0.29, 0.717) is 25.5 Å². The lowest BCUT2D eigenvalue weighted by Gasteiger charge is -2.21. The van der Waals surface area contributed by atoms with E-state index in [1.165, 1.54) is 44.9 Å². The van der Waals surface area contributed by atoms with Gasteiger partial charge in [0.25, 0.3) is 0 Å². The lowest BCUT2D eigenvalue weighted by atomic mass is 9.86. The van der Waals surface area contributed by atoms with Crippen molar-refractivity contribution in [3.63, 3.8) is 0 Å². The summed E-state index contributed by atoms with van der Waals surface area (Å²) in [4.78, 5) is 23.4. The molecule has 6 heteroatoms. The van der Waals surface area contributed by atoms with E-state index in [0.717, 1.165) is 36.9 Å². The van der Waals surface area contributed by atoms with Gasteiger partial charge in [-0.3, -0.25) is 4.79 Å². The summed E-state index contributed by atoms with van der Waals surface area (Å²) in [5.41, 5.74) is 0.973. The normalized spacial score (nSPS) is 18.1. The van der Waals surface area contributed by atoms with Gasteiger partial charge in [-0.05, 0) is 32.1 Å². The minimum atomic E-state index is 0.167. The SMILES string of the molecule is Cc1cc(N2CCCC2)nc(NCCNC(=O)CCC2CCCCC2)n1. The Balaban J connectivity index is 1.35. The zero-order valence-electron chi connectivity index (χ0n) is 16.1. The van der Waals surface area contributed by atoms with Crippen molar-refractivity contribution in [2.24, 2.45) is 5.92 Å². The van der Waals surface area contributed by atoms with E-state index >= 15 is 0 Å². The molecule has 1 aromatic heterocycles. The molecule has 1 aliphatic carbocycles. The molecule has 1 saturated heterocycles. The number of rotatable bonds is 8. The summed E-state index contributed by atoms with van der Waals surface area (Å²) in [6.45, 7) is 5.41. The summed E-state index contributed by atoms with van der Waals surface area (Å²) in [5.74, 6) is 2.59. The van der Waals surface area contributed by atoms with E-state index in [1.807, 2.05) is 13.0 Å². The molecule has 2 N–H and O–H groups in total. The smallest absolute Gasteiger partial charge is 0.224 e. The Morgan fingerprint density at radius 2 is 1.88 bits per heavy atom. The zero-order chi connectivity index (χ0) is 18.2. The molecule has 0 unspecified atom stereocenters. The van der Waals surface area contributed by atoms with Crippen molar-refractivity contribution in [2.75, 3.05) is 36.4 Å². The van der Waals surface area contributed by atoms with Crippen LogP contribution in [0.2, 0.25) is 0 Å². The number of carbonyl (C=O) groups is 1. The van der Waals surface area contributed by atoms with Crippen molar-refractivity contribution in [1.29, 1.82) is 0 Å². The maximum atomic E-state index is 12.0. The van der Waals surface area contributed by atoms with Crippen LogP contribution in [0.15, 0.2) is 6.07 Å². The molecule has 2 fully saturated rings. The van der Waals surface area contributed by atoms with Gasteiger partial charge in [0, 0.05) is 44.4 Å². The minimum Gasteiger partial charge on any atom is -0.356 e. The predicted molar refractivity (Wildman–Crippen MR) is 106 cm³/mol.